The number of benzene rings is 1. The summed E-state index contributed by atoms with van der Waals surface area (Å²) >= 11 is 7.73. The number of nitro groups is 1. The zero-order chi connectivity index (χ0) is 18.5. The number of carbonyl (C=O) groups is 1. The van der Waals surface area contributed by atoms with Gasteiger partial charge in [-0.1, -0.05) is 11.6 Å². The first-order valence-corrected chi connectivity index (χ1v) is 9.80. The van der Waals surface area contributed by atoms with E-state index in [2.05, 4.69) is 27.0 Å². The molecule has 0 aliphatic carbocycles. The molecule has 1 aromatic carbocycles. The molecule has 2 aromatic rings. The van der Waals surface area contributed by atoms with E-state index in [0.717, 1.165) is 32.5 Å². The van der Waals surface area contributed by atoms with Gasteiger partial charge in [-0.3, -0.25) is 19.8 Å². The number of hydrogen-bond donors (Lipinski definition) is 1. The molecule has 1 aliphatic rings. The van der Waals surface area contributed by atoms with Crippen molar-refractivity contribution in [2.75, 3.05) is 19.6 Å². The predicted octanol–water partition coefficient (Wildman–Crippen LogP) is 3.95. The minimum Gasteiger partial charge on any atom is -0.352 e. The molecule has 1 fully saturated rings. The summed E-state index contributed by atoms with van der Waals surface area (Å²) in [6, 6.07) is 6.06. The molecule has 26 heavy (non-hydrogen) atoms. The molecule has 0 bridgehead atoms. The fourth-order valence-electron chi connectivity index (χ4n) is 3.12. The van der Waals surface area contributed by atoms with E-state index in [0.29, 0.717) is 12.5 Å². The lowest BCUT2D eigenvalue weighted by molar-refractivity contribution is -0.384. The van der Waals surface area contributed by atoms with Crippen molar-refractivity contribution in [3.8, 4) is 0 Å². The summed E-state index contributed by atoms with van der Waals surface area (Å²) in [6.07, 6.45) is 2.04. The molecule has 0 atom stereocenters. The predicted molar refractivity (Wildman–Crippen MR) is 103 cm³/mol. The Morgan fingerprint density at radius 3 is 2.77 bits per heavy atom. The smallest absolute Gasteiger partial charge is 0.270 e. The highest BCUT2D eigenvalue weighted by Crippen LogP contribution is 2.23. The van der Waals surface area contributed by atoms with Gasteiger partial charge in [0.25, 0.3) is 11.6 Å². The van der Waals surface area contributed by atoms with Crippen molar-refractivity contribution in [3.05, 3.63) is 61.3 Å². The van der Waals surface area contributed by atoms with Gasteiger partial charge in [-0.25, -0.2) is 0 Å². The number of halogens is 1. The minimum absolute atomic E-state index is 0.138. The summed E-state index contributed by atoms with van der Waals surface area (Å²) in [5, 5.41) is 18.2. The average molecular weight is 394 g/mol. The Balaban J connectivity index is 1.48. The van der Waals surface area contributed by atoms with Gasteiger partial charge in [-0.15, -0.1) is 0 Å². The van der Waals surface area contributed by atoms with E-state index in [1.807, 2.05) is 0 Å². The van der Waals surface area contributed by atoms with Crippen molar-refractivity contribution in [2.24, 2.45) is 5.92 Å². The van der Waals surface area contributed by atoms with E-state index in [1.165, 1.54) is 23.8 Å². The van der Waals surface area contributed by atoms with Crippen molar-refractivity contribution in [1.82, 2.24) is 10.2 Å². The van der Waals surface area contributed by atoms with E-state index in [9.17, 15) is 14.9 Å². The summed E-state index contributed by atoms with van der Waals surface area (Å²) in [4.78, 5) is 25.1. The van der Waals surface area contributed by atoms with Crippen LogP contribution in [0.1, 0.15) is 28.8 Å². The van der Waals surface area contributed by atoms with Crippen LogP contribution in [0.15, 0.2) is 35.0 Å². The van der Waals surface area contributed by atoms with Crippen LogP contribution in [0.4, 0.5) is 5.69 Å². The summed E-state index contributed by atoms with van der Waals surface area (Å²) in [5.41, 5.74) is 1.36. The molecule has 6 nitrogen and oxygen atoms in total. The number of thiophene rings is 1. The van der Waals surface area contributed by atoms with Gasteiger partial charge in [0.05, 0.1) is 15.5 Å². The van der Waals surface area contributed by atoms with Crippen LogP contribution in [-0.2, 0) is 6.54 Å². The molecule has 1 saturated heterocycles. The van der Waals surface area contributed by atoms with Crippen LogP contribution in [0.5, 0.6) is 0 Å². The van der Waals surface area contributed by atoms with E-state index < -0.39 is 4.92 Å². The van der Waals surface area contributed by atoms with Gasteiger partial charge in [-0.2, -0.15) is 11.3 Å². The molecule has 0 saturated carbocycles. The number of amides is 1. The number of likely N-dealkylation sites (tertiary alicyclic amines) is 1. The van der Waals surface area contributed by atoms with E-state index in [4.69, 9.17) is 11.6 Å². The second-order valence-corrected chi connectivity index (χ2v) is 7.67. The number of hydrogen-bond acceptors (Lipinski definition) is 5. The van der Waals surface area contributed by atoms with Gasteiger partial charge in [0, 0.05) is 25.2 Å². The van der Waals surface area contributed by atoms with Gasteiger partial charge >= 0.3 is 0 Å². The highest BCUT2D eigenvalue weighted by atomic mass is 35.5. The van der Waals surface area contributed by atoms with Gasteiger partial charge in [-0.05, 0) is 60.3 Å². The molecule has 0 radical (unpaired) electrons. The monoisotopic (exact) mass is 393 g/mol. The lowest BCUT2D eigenvalue weighted by atomic mass is 9.96. The number of carbonyl (C=O) groups excluding carboxylic acids is 1. The van der Waals surface area contributed by atoms with Crippen LogP contribution < -0.4 is 5.32 Å². The van der Waals surface area contributed by atoms with Crippen molar-refractivity contribution in [1.29, 1.82) is 0 Å². The zero-order valence-electron chi connectivity index (χ0n) is 14.2. The lowest BCUT2D eigenvalue weighted by Crippen LogP contribution is -2.38. The Bertz CT molecular complexity index is 774. The number of non-ortho nitro benzene ring substituents is 1. The number of nitrogens with one attached hydrogen (secondary N) is 1. The molecule has 3 rings (SSSR count). The Hall–Kier alpha value is -1.96. The van der Waals surface area contributed by atoms with E-state index >= 15 is 0 Å². The summed E-state index contributed by atoms with van der Waals surface area (Å²) in [5.74, 6) is 0.0505. The van der Waals surface area contributed by atoms with Crippen molar-refractivity contribution in [2.45, 2.75) is 19.4 Å². The Labute approximate surface area is 160 Å². The highest BCUT2D eigenvalue weighted by Gasteiger charge is 2.21. The molecule has 1 aliphatic heterocycles. The fourth-order valence-corrected chi connectivity index (χ4v) is 3.99. The van der Waals surface area contributed by atoms with Gasteiger partial charge in [0.1, 0.15) is 0 Å². The van der Waals surface area contributed by atoms with Gasteiger partial charge in [0.15, 0.2) is 0 Å². The van der Waals surface area contributed by atoms with Gasteiger partial charge < -0.3 is 5.32 Å². The molecule has 2 heterocycles. The average Bonchev–Trinajstić information content (AvgIpc) is 3.14. The van der Waals surface area contributed by atoms with E-state index in [1.54, 1.807) is 11.3 Å². The first kappa shape index (κ1) is 18.8. The largest absolute Gasteiger partial charge is 0.352 e. The van der Waals surface area contributed by atoms with Crippen LogP contribution >= 0.6 is 22.9 Å². The van der Waals surface area contributed by atoms with Crippen LogP contribution in [0.2, 0.25) is 5.02 Å². The third-order valence-corrected chi connectivity index (χ3v) is 5.71. The standard InChI is InChI=1S/C18H20ClN3O3S/c19-17-2-1-15(22(24)25)9-16(17)18(23)20-10-13-3-6-21(7-4-13)11-14-5-8-26-12-14/h1-2,5,8-9,12-13H,3-4,6-7,10-11H2,(H,20,23). The first-order chi connectivity index (χ1) is 12.5. The second kappa shape index (κ2) is 8.62. The molecule has 8 heteroatoms. The fraction of sp³-hybridized carbons (Fsp3) is 0.389. The third-order valence-electron chi connectivity index (χ3n) is 4.65. The molecular formula is C18H20ClN3O3S. The molecule has 1 amide bonds. The summed E-state index contributed by atoms with van der Waals surface area (Å²) in [7, 11) is 0. The van der Waals surface area contributed by atoms with Crippen LogP contribution in [-0.4, -0.2) is 35.4 Å². The normalized spacial score (nSPS) is 15.7. The van der Waals surface area contributed by atoms with Gasteiger partial charge in [0.2, 0.25) is 0 Å². The van der Waals surface area contributed by atoms with Crippen LogP contribution in [0.3, 0.4) is 0 Å². The Kier molecular flexibility index (Phi) is 6.24. The summed E-state index contributed by atoms with van der Waals surface area (Å²) < 4.78 is 0. The quantitative estimate of drug-likeness (QED) is 0.595. The van der Waals surface area contributed by atoms with Crippen LogP contribution in [0, 0.1) is 16.0 Å². The van der Waals surface area contributed by atoms with E-state index in [-0.39, 0.29) is 22.2 Å². The van der Waals surface area contributed by atoms with Crippen LogP contribution in [0.25, 0.3) is 0 Å². The molecule has 138 valence electrons. The topological polar surface area (TPSA) is 75.5 Å². The molecule has 1 N–H and O–H groups in total. The maximum atomic E-state index is 12.3. The summed E-state index contributed by atoms with van der Waals surface area (Å²) in [6.45, 7) is 3.55. The Morgan fingerprint density at radius 2 is 2.12 bits per heavy atom. The first-order valence-electron chi connectivity index (χ1n) is 8.48. The third kappa shape index (κ3) is 4.81. The zero-order valence-corrected chi connectivity index (χ0v) is 15.8. The number of rotatable bonds is 6. The minimum atomic E-state index is -0.531. The van der Waals surface area contributed by atoms with Crippen molar-refractivity contribution >= 4 is 34.5 Å². The lowest BCUT2D eigenvalue weighted by Gasteiger charge is -2.31. The molecule has 1 aromatic heterocycles. The van der Waals surface area contributed by atoms with Crippen molar-refractivity contribution in [3.63, 3.8) is 0 Å². The second-order valence-electron chi connectivity index (χ2n) is 6.48. The van der Waals surface area contributed by atoms with Crippen molar-refractivity contribution < 1.29 is 9.72 Å². The Morgan fingerprint density at radius 1 is 1.35 bits per heavy atom. The molecule has 0 spiro atoms. The maximum Gasteiger partial charge on any atom is 0.270 e. The molecular weight excluding hydrogens is 374 g/mol. The number of piperidine rings is 1. The SMILES string of the molecule is O=C(NCC1CCN(Cc2ccsc2)CC1)c1cc([N+](=O)[O-])ccc1Cl. The highest BCUT2D eigenvalue weighted by molar-refractivity contribution is 7.07. The maximum absolute atomic E-state index is 12.3. The molecule has 0 unspecified atom stereocenters. The number of nitro benzene ring substituents is 1. The number of nitrogens with zero attached hydrogens (tertiary/aromatic N) is 2.